The Balaban J connectivity index is -0.0000000383. The lowest BCUT2D eigenvalue weighted by Gasteiger charge is -2.00. The normalized spacial score (nSPS) is 7.09. The summed E-state index contributed by atoms with van der Waals surface area (Å²) < 4.78 is 0. The van der Waals surface area contributed by atoms with Crippen molar-refractivity contribution in [2.45, 2.75) is 28.7 Å². The van der Waals surface area contributed by atoms with Gasteiger partial charge in [0.2, 0.25) is 0 Å². The van der Waals surface area contributed by atoms with E-state index in [2.05, 4.69) is 38.2 Å². The van der Waals surface area contributed by atoms with Crippen LogP contribution < -0.4 is 5.32 Å². The Morgan fingerprint density at radius 2 is 1.27 bits per heavy atom. The topological polar surface area (TPSA) is 15.3 Å². The fourth-order valence-electron chi connectivity index (χ4n) is 0. The molecule has 0 rings (SSSR count). The third-order valence-electron chi connectivity index (χ3n) is 0.986. The van der Waals surface area contributed by atoms with Crippen LogP contribution in [0.1, 0.15) is 28.7 Å². The van der Waals surface area contributed by atoms with Gasteiger partial charge in [-0.1, -0.05) is 28.7 Å². The minimum absolute atomic E-state index is 0. The van der Waals surface area contributed by atoms with Gasteiger partial charge in [-0.15, -0.1) is 0 Å². The maximum Gasteiger partial charge on any atom is -0.00533 e. The van der Waals surface area contributed by atoms with Crippen molar-refractivity contribution in [3.8, 4) is 0 Å². The largest absolute Gasteiger partial charge is 0.320 e. The van der Waals surface area contributed by atoms with E-state index in [1.807, 2.05) is 7.05 Å². The van der Waals surface area contributed by atoms with Crippen LogP contribution in [0.3, 0.4) is 0 Å². The Morgan fingerprint density at radius 1 is 1.09 bits per heavy atom. The fourth-order valence-corrected chi connectivity index (χ4v) is 0. The van der Waals surface area contributed by atoms with Crippen LogP contribution in [0.4, 0.5) is 0 Å². The molecular weight excluding hydrogens is 136 g/mol. The predicted octanol–water partition coefficient (Wildman–Crippen LogP) is 2.07. The summed E-state index contributed by atoms with van der Waals surface area (Å²) in [4.78, 5) is 2.12. The highest BCUT2D eigenvalue weighted by molar-refractivity contribution is 4.25. The second kappa shape index (κ2) is 22.5. The molecule has 0 atom stereocenters. The summed E-state index contributed by atoms with van der Waals surface area (Å²) in [6.07, 6.45) is 0. The lowest BCUT2D eigenvalue weighted by molar-refractivity contribution is 0.434. The van der Waals surface area contributed by atoms with Crippen molar-refractivity contribution in [1.29, 1.82) is 0 Å². The summed E-state index contributed by atoms with van der Waals surface area (Å²) >= 11 is 0. The lowest BCUT2D eigenvalue weighted by atomic mass is 10.7. The molecule has 0 spiro atoms. The first-order valence-corrected chi connectivity index (χ1v) is 3.48. The molecule has 0 bridgehead atoms. The Morgan fingerprint density at radius 3 is 1.27 bits per heavy atom. The lowest BCUT2D eigenvalue weighted by Crippen LogP contribution is -2.08. The third-order valence-corrected chi connectivity index (χ3v) is 0.986. The SMILES string of the molecule is C.C.CCN(C)C.CCNC. The van der Waals surface area contributed by atoms with Crippen LogP contribution in [0, 0.1) is 0 Å². The first kappa shape index (κ1) is 22.4. The zero-order valence-electron chi connectivity index (χ0n) is 7.36. The molecule has 0 unspecified atom stereocenters. The summed E-state index contributed by atoms with van der Waals surface area (Å²) in [7, 11) is 6.04. The summed E-state index contributed by atoms with van der Waals surface area (Å²) in [5, 5.41) is 2.93. The summed E-state index contributed by atoms with van der Waals surface area (Å²) in [6, 6.07) is 0. The predicted molar refractivity (Wildman–Crippen MR) is 57.3 cm³/mol. The van der Waals surface area contributed by atoms with Gasteiger partial charge in [0.15, 0.2) is 0 Å². The van der Waals surface area contributed by atoms with E-state index in [0.29, 0.717) is 0 Å². The van der Waals surface area contributed by atoms with E-state index in [1.54, 1.807) is 0 Å². The molecular formula is C9H28N2. The number of nitrogens with zero attached hydrogens (tertiary/aromatic N) is 1. The molecule has 11 heavy (non-hydrogen) atoms. The number of rotatable bonds is 2. The van der Waals surface area contributed by atoms with Gasteiger partial charge in [0.25, 0.3) is 0 Å². The Bertz CT molecular complexity index is 34.5. The monoisotopic (exact) mass is 164 g/mol. The maximum atomic E-state index is 2.93. The van der Waals surface area contributed by atoms with Gasteiger partial charge in [-0.05, 0) is 34.2 Å². The molecule has 0 saturated carbocycles. The average Bonchev–Trinajstić information content (AvgIpc) is 1.89. The highest BCUT2D eigenvalue weighted by Crippen LogP contribution is 1.63. The summed E-state index contributed by atoms with van der Waals surface area (Å²) in [6.45, 7) is 6.40. The zero-order chi connectivity index (χ0) is 7.70. The van der Waals surface area contributed by atoms with Crippen LogP contribution in [0.2, 0.25) is 0 Å². The summed E-state index contributed by atoms with van der Waals surface area (Å²) in [5.41, 5.74) is 0. The van der Waals surface area contributed by atoms with Crippen molar-refractivity contribution in [1.82, 2.24) is 10.2 Å². The van der Waals surface area contributed by atoms with Crippen molar-refractivity contribution < 1.29 is 0 Å². The maximum absolute atomic E-state index is 2.93. The highest BCUT2D eigenvalue weighted by Gasteiger charge is 1.72. The molecule has 0 aromatic rings. The molecule has 0 radical (unpaired) electrons. The molecule has 2 nitrogen and oxygen atoms in total. The first-order valence-electron chi connectivity index (χ1n) is 3.48. The van der Waals surface area contributed by atoms with Crippen LogP contribution in [0.5, 0.6) is 0 Å². The van der Waals surface area contributed by atoms with Crippen LogP contribution in [-0.2, 0) is 0 Å². The van der Waals surface area contributed by atoms with Gasteiger partial charge in [-0.3, -0.25) is 0 Å². The Labute approximate surface area is 74.0 Å². The molecule has 1 N–H and O–H groups in total. The Hall–Kier alpha value is -0.0800. The van der Waals surface area contributed by atoms with Gasteiger partial charge >= 0.3 is 0 Å². The van der Waals surface area contributed by atoms with Gasteiger partial charge in [0.05, 0.1) is 0 Å². The minimum Gasteiger partial charge on any atom is -0.320 e. The second-order valence-corrected chi connectivity index (χ2v) is 2.10. The first-order chi connectivity index (χ1) is 4.18. The van der Waals surface area contributed by atoms with E-state index >= 15 is 0 Å². The molecule has 2 heteroatoms. The molecule has 0 amide bonds. The smallest absolute Gasteiger partial charge is 0.00533 e. The van der Waals surface area contributed by atoms with Crippen LogP contribution in [0.15, 0.2) is 0 Å². The van der Waals surface area contributed by atoms with E-state index in [4.69, 9.17) is 0 Å². The van der Waals surface area contributed by atoms with Crippen molar-refractivity contribution >= 4 is 0 Å². The van der Waals surface area contributed by atoms with Crippen molar-refractivity contribution in [2.24, 2.45) is 0 Å². The molecule has 0 aliphatic heterocycles. The van der Waals surface area contributed by atoms with Crippen molar-refractivity contribution in [3.63, 3.8) is 0 Å². The van der Waals surface area contributed by atoms with E-state index < -0.39 is 0 Å². The van der Waals surface area contributed by atoms with Crippen molar-refractivity contribution in [2.75, 3.05) is 34.2 Å². The standard InChI is InChI=1S/C4H11N.C3H9N.2CH4/c1-4-5(2)3;1-3-4-2;;/h4H2,1-3H3;4H,3H2,1-2H3;2*1H4. The fraction of sp³-hybridized carbons (Fsp3) is 1.00. The highest BCUT2D eigenvalue weighted by atomic mass is 15.0. The quantitative estimate of drug-likeness (QED) is 0.672. The van der Waals surface area contributed by atoms with Gasteiger partial charge in [0, 0.05) is 0 Å². The van der Waals surface area contributed by atoms with Crippen molar-refractivity contribution in [3.05, 3.63) is 0 Å². The number of hydrogen-bond donors (Lipinski definition) is 1. The van der Waals surface area contributed by atoms with E-state index in [0.717, 1.165) is 13.1 Å². The van der Waals surface area contributed by atoms with E-state index in [9.17, 15) is 0 Å². The molecule has 74 valence electrons. The second-order valence-electron chi connectivity index (χ2n) is 2.10. The van der Waals surface area contributed by atoms with Crippen LogP contribution >= 0.6 is 0 Å². The average molecular weight is 164 g/mol. The third kappa shape index (κ3) is 73.0. The summed E-state index contributed by atoms with van der Waals surface area (Å²) in [5.74, 6) is 0. The van der Waals surface area contributed by atoms with Gasteiger partial charge in [0.1, 0.15) is 0 Å². The Kier molecular flexibility index (Phi) is 45.9. The van der Waals surface area contributed by atoms with Gasteiger partial charge in [-0.25, -0.2) is 0 Å². The number of nitrogens with one attached hydrogen (secondary N) is 1. The molecule has 0 aromatic carbocycles. The zero-order valence-corrected chi connectivity index (χ0v) is 7.36. The molecule has 0 aliphatic carbocycles. The molecule has 0 heterocycles. The van der Waals surface area contributed by atoms with Crippen LogP contribution in [-0.4, -0.2) is 39.1 Å². The minimum atomic E-state index is 0. The molecule has 0 saturated heterocycles. The molecule has 0 aliphatic rings. The molecule has 0 fully saturated rings. The van der Waals surface area contributed by atoms with E-state index in [-0.39, 0.29) is 14.9 Å². The molecule has 0 aromatic heterocycles. The van der Waals surface area contributed by atoms with Crippen LogP contribution in [0.25, 0.3) is 0 Å². The van der Waals surface area contributed by atoms with E-state index in [1.165, 1.54) is 0 Å². The van der Waals surface area contributed by atoms with Gasteiger partial charge < -0.3 is 10.2 Å². The van der Waals surface area contributed by atoms with Gasteiger partial charge in [-0.2, -0.15) is 0 Å². The number of hydrogen-bond acceptors (Lipinski definition) is 2.